The van der Waals surface area contributed by atoms with Crippen molar-refractivity contribution in [3.63, 3.8) is 0 Å². The molecule has 0 aliphatic carbocycles. The molecule has 150 heavy (non-hydrogen) atoms. The quantitative estimate of drug-likeness (QED) is 0.111. The van der Waals surface area contributed by atoms with Crippen LogP contribution in [-0.2, 0) is 0 Å². The predicted molar refractivity (Wildman–Crippen MR) is 607 cm³/mol. The van der Waals surface area contributed by atoms with E-state index in [0.29, 0.717) is 50.6 Å². The fraction of sp³-hybridized carbons (Fsp3) is 0. The zero-order valence-corrected chi connectivity index (χ0v) is 80.0. The first kappa shape index (κ1) is 89.2. The summed E-state index contributed by atoms with van der Waals surface area (Å²) in [5.74, 6) is 0. The van der Waals surface area contributed by atoms with Crippen LogP contribution in [0.5, 0.6) is 0 Å². The van der Waals surface area contributed by atoms with Crippen molar-refractivity contribution in [2.45, 2.75) is 0 Å². The summed E-state index contributed by atoms with van der Waals surface area (Å²) in [5, 5.41) is 61.8. The van der Waals surface area contributed by atoms with Gasteiger partial charge in [-0.25, -0.2) is 19.4 Å². The summed E-state index contributed by atoms with van der Waals surface area (Å²) in [6.07, 6.45) is 0. The molecule has 690 valence electrons. The molecule has 0 N–H and O–H groups in total. The Morgan fingerprint density at radius 3 is 0.940 bits per heavy atom. The third-order valence-corrected chi connectivity index (χ3v) is 28.8. The van der Waals surface area contributed by atoms with Gasteiger partial charge in [-0.15, -0.1) is 0 Å². The number of nitrogens with zero attached hydrogens (tertiary/aromatic N) is 15. The summed E-state index contributed by atoms with van der Waals surface area (Å²) >= 11 is 0. The van der Waals surface area contributed by atoms with E-state index in [1.54, 1.807) is 6.07 Å². The number of rotatable bonds is 12. The van der Waals surface area contributed by atoms with Gasteiger partial charge in [0.25, 0.3) is 0 Å². The van der Waals surface area contributed by atoms with Crippen molar-refractivity contribution in [2.24, 2.45) is 0 Å². The van der Waals surface area contributed by atoms with Gasteiger partial charge in [-0.1, -0.05) is 291 Å². The molecule has 15 heteroatoms. The number of fused-ring (bicyclic) bond motifs is 18. The Morgan fingerprint density at radius 2 is 0.500 bits per heavy atom. The molecule has 0 aliphatic heterocycles. The van der Waals surface area contributed by atoms with Gasteiger partial charge in [-0.3, -0.25) is 0 Å². The van der Waals surface area contributed by atoms with E-state index >= 15 is 0 Å². The first-order chi connectivity index (χ1) is 74.0. The average Bonchev–Trinajstić information content (AvgIpc) is 1.60. The second kappa shape index (κ2) is 37.0. The highest BCUT2D eigenvalue weighted by Crippen LogP contribution is 2.50. The van der Waals surface area contributed by atoms with Crippen molar-refractivity contribution >= 4 is 154 Å². The van der Waals surface area contributed by atoms with Crippen LogP contribution in [0.3, 0.4) is 0 Å². The van der Waals surface area contributed by atoms with E-state index in [4.69, 9.17) is 26.3 Å². The van der Waals surface area contributed by atoms with Crippen LogP contribution in [0.4, 0.5) is 22.7 Å². The molecule has 0 saturated heterocycles. The van der Waals surface area contributed by atoms with Gasteiger partial charge in [-0.05, 0) is 219 Å². The maximum absolute atomic E-state index is 10.3. The Kier molecular flexibility index (Phi) is 22.0. The van der Waals surface area contributed by atoms with Crippen LogP contribution in [0.1, 0.15) is 27.8 Å². The van der Waals surface area contributed by atoms with Crippen molar-refractivity contribution < 1.29 is 0 Å². The number of hydrogen-bond donors (Lipinski definition) is 0. The predicted octanol–water partition coefficient (Wildman–Crippen LogP) is 35.2. The molecule has 15 nitrogen and oxygen atoms in total. The molecular formula is C135H75N15. The second-order valence-corrected chi connectivity index (χ2v) is 36.8. The lowest BCUT2D eigenvalue weighted by Crippen LogP contribution is -1.99. The average molecular weight is 1910 g/mol. The first-order valence-electron chi connectivity index (χ1n) is 48.8. The molecule has 27 aromatic rings. The molecule has 0 spiro atoms. The van der Waals surface area contributed by atoms with Crippen molar-refractivity contribution in [3.05, 3.63) is 528 Å². The van der Waals surface area contributed by atoms with Gasteiger partial charge >= 0.3 is 0 Å². The standard InChI is InChI=1S/3C45H25N5/c1-47-31-18-22-38(44(26-31)50-43-24-15-29(28-46)25-40(43)39-23-19-32(48-2)27-45(39)50)35-10-4-3-9-34(35)30-16-20-33(21-17-30)49-41-13-7-5-11-36(41)37-12-6-8-14-42(37)49;1-48-39-16-9-15-36(45(39)50-40-17-6-4-13-35(40)38-26-29(27-46)20-25-42(38)50)34-12-3-2-11-33(34)30-21-23-32(24-22-30)49-41-18-7-5-14-37(41)44-31(28-47)10-8-19-43(44)49;1-48-32-20-23-38(44(26-32)50-43-24-17-29(27-46)25-40(43)39-14-8-9-31(28-47)45(39)50)35-11-3-2-10-34(35)30-18-21-33(22-19-30)49-41-15-6-4-12-36(41)37-13-5-7-16-42(37)49/h3-27H;2*2-26H. The Labute approximate surface area is 861 Å². The summed E-state index contributed by atoms with van der Waals surface area (Å²) in [4.78, 5) is 15.3. The maximum atomic E-state index is 10.3. The lowest BCUT2D eigenvalue weighted by molar-refractivity contribution is 1.18. The van der Waals surface area contributed by atoms with E-state index in [0.717, 1.165) is 199 Å². The summed E-state index contributed by atoms with van der Waals surface area (Å²) in [7, 11) is 0. The molecule has 0 bridgehead atoms. The van der Waals surface area contributed by atoms with E-state index in [1.807, 2.05) is 200 Å². The van der Waals surface area contributed by atoms with E-state index in [1.165, 1.54) is 32.6 Å². The second-order valence-electron chi connectivity index (χ2n) is 36.8. The number of benzene rings is 21. The summed E-state index contributed by atoms with van der Waals surface area (Å²) in [6.45, 7) is 31.7. The lowest BCUT2D eigenvalue weighted by atomic mass is 9.93. The molecule has 0 fully saturated rings. The van der Waals surface area contributed by atoms with E-state index in [-0.39, 0.29) is 0 Å². The van der Waals surface area contributed by atoms with Gasteiger partial charge < -0.3 is 27.4 Å². The molecule has 0 saturated carbocycles. The Hall–Kier alpha value is -22.2. The minimum absolute atomic E-state index is 0.495. The minimum Gasteiger partial charge on any atom is -0.318 e. The number of hydrogen-bond acceptors (Lipinski definition) is 5. The molecule has 0 radical (unpaired) electrons. The van der Waals surface area contributed by atoms with Crippen molar-refractivity contribution in [1.82, 2.24) is 27.4 Å². The smallest absolute Gasteiger partial charge is 0.211 e. The molecule has 0 atom stereocenters. The van der Waals surface area contributed by atoms with Gasteiger partial charge in [0.2, 0.25) is 5.69 Å². The third-order valence-electron chi connectivity index (χ3n) is 28.8. The van der Waals surface area contributed by atoms with Crippen LogP contribution < -0.4 is 0 Å². The number of nitriles is 5. The minimum atomic E-state index is 0.495. The highest BCUT2D eigenvalue weighted by atomic mass is 15.0. The maximum Gasteiger partial charge on any atom is 0.211 e. The van der Waals surface area contributed by atoms with Crippen LogP contribution in [0.15, 0.2) is 455 Å². The number of para-hydroxylation sites is 8. The highest BCUT2D eigenvalue weighted by molar-refractivity contribution is 6.17. The van der Waals surface area contributed by atoms with Crippen molar-refractivity contribution in [3.8, 4) is 131 Å². The third kappa shape index (κ3) is 14.7. The number of aromatic nitrogens is 6. The molecule has 6 aromatic heterocycles. The van der Waals surface area contributed by atoms with E-state index in [9.17, 15) is 26.3 Å². The van der Waals surface area contributed by atoms with E-state index in [2.05, 4.69) is 326 Å². The van der Waals surface area contributed by atoms with Gasteiger partial charge in [0.1, 0.15) is 6.07 Å². The van der Waals surface area contributed by atoms with Crippen LogP contribution in [0, 0.1) is 82.9 Å². The molecule has 0 amide bonds. The van der Waals surface area contributed by atoms with E-state index < -0.39 is 0 Å². The molecule has 0 unspecified atom stereocenters. The van der Waals surface area contributed by atoms with Crippen LogP contribution >= 0.6 is 0 Å². The molecule has 27 rings (SSSR count). The molecular weight excluding hydrogens is 1830 g/mol. The SMILES string of the molecule is [C-]#[N+]c1ccc(-c2ccccc2-c2ccc(-n3c4ccccc4c4ccccc43)cc2)c(-n2c3ccc(C#N)cc3c3ccc([N+]#[C-])cc32)c1.[C-]#[N+]c1ccc(-c2ccccc2-c2ccc(-n3c4ccccc4c4ccccc43)cc2)c(-n2c3ccc(C#N)cc3c3cccc(C#N)c32)c1.[C-]#[N+]c1cccc(-c2ccccc2-c2ccc(-n3c4ccccc4c4c(C#N)cccc43)cc2)c1-n1c2ccccc2c2cc(C#N)ccc21. The van der Waals surface area contributed by atoms with Crippen molar-refractivity contribution in [2.75, 3.05) is 0 Å². The molecule has 0 aliphatic rings. The lowest BCUT2D eigenvalue weighted by Gasteiger charge is -2.19. The molecule has 21 aromatic carbocycles. The summed E-state index contributed by atoms with van der Waals surface area (Å²) in [5.41, 5.74) is 34.7. The van der Waals surface area contributed by atoms with Crippen LogP contribution in [0.25, 0.3) is 251 Å². The highest BCUT2D eigenvalue weighted by Gasteiger charge is 2.28. The summed E-state index contributed by atoms with van der Waals surface area (Å²) < 4.78 is 13.2. The summed E-state index contributed by atoms with van der Waals surface area (Å²) in [6, 6.07) is 165. The fourth-order valence-corrected chi connectivity index (χ4v) is 22.3. The topological polar surface area (TPSA) is 166 Å². The zero-order chi connectivity index (χ0) is 101. The monoisotopic (exact) mass is 1910 g/mol. The van der Waals surface area contributed by atoms with Crippen LogP contribution in [-0.4, -0.2) is 27.4 Å². The largest absolute Gasteiger partial charge is 0.318 e. The van der Waals surface area contributed by atoms with Gasteiger partial charge in [-0.2, -0.15) is 26.3 Å². The zero-order valence-electron chi connectivity index (χ0n) is 80.0. The Balaban J connectivity index is 0.000000116. The van der Waals surface area contributed by atoms with Gasteiger partial charge in [0, 0.05) is 110 Å². The first-order valence-corrected chi connectivity index (χ1v) is 48.8. The fourth-order valence-electron chi connectivity index (χ4n) is 22.3. The van der Waals surface area contributed by atoms with Crippen LogP contribution in [0.2, 0.25) is 0 Å². The Bertz CT molecular complexity index is 10700. The van der Waals surface area contributed by atoms with Crippen molar-refractivity contribution in [1.29, 1.82) is 26.3 Å². The normalized spacial score (nSPS) is 11.1. The van der Waals surface area contributed by atoms with Gasteiger partial charge in [0.05, 0.1) is 145 Å². The van der Waals surface area contributed by atoms with Gasteiger partial charge in [0.15, 0.2) is 17.1 Å². The Morgan fingerprint density at radius 1 is 0.187 bits per heavy atom. The molecule has 6 heterocycles.